The maximum Gasteiger partial charge on any atom is 0.573 e. The number of halogens is 3. The van der Waals surface area contributed by atoms with Crippen LogP contribution in [-0.2, 0) is 13.1 Å². The smallest absolute Gasteiger partial charge is 0.405 e. The molecule has 0 saturated carbocycles. The Kier molecular flexibility index (Phi) is 5.17. The van der Waals surface area contributed by atoms with Gasteiger partial charge in [-0.15, -0.1) is 18.3 Å². The van der Waals surface area contributed by atoms with Gasteiger partial charge in [0.15, 0.2) is 5.82 Å². The third-order valence-electron chi connectivity index (χ3n) is 3.58. The monoisotopic (exact) mass is 363 g/mol. The van der Waals surface area contributed by atoms with E-state index in [0.29, 0.717) is 17.9 Å². The molecule has 2 aromatic carbocycles. The molecule has 0 spiro atoms. The lowest BCUT2D eigenvalue weighted by molar-refractivity contribution is -0.275. The Hall–Kier alpha value is -2.94. The van der Waals surface area contributed by atoms with Crippen molar-refractivity contribution in [1.29, 1.82) is 0 Å². The highest BCUT2D eigenvalue weighted by molar-refractivity contribution is 5.33. The third-order valence-corrected chi connectivity index (χ3v) is 3.58. The summed E-state index contributed by atoms with van der Waals surface area (Å²) in [4.78, 5) is 1.81. The lowest BCUT2D eigenvalue weighted by Crippen LogP contribution is -2.22. The molecule has 1 heterocycles. The minimum atomic E-state index is -4.73. The van der Waals surface area contributed by atoms with Gasteiger partial charge in [-0.05, 0) is 35.7 Å². The fraction of sp³-hybridized carbons (Fsp3) is 0.235. The summed E-state index contributed by atoms with van der Waals surface area (Å²) < 4.78 is 43.3. The minimum Gasteiger partial charge on any atom is -0.405 e. The lowest BCUT2D eigenvalue weighted by atomic mass is 10.2. The molecule has 0 saturated heterocycles. The first-order valence-electron chi connectivity index (χ1n) is 7.77. The molecule has 0 N–H and O–H groups in total. The van der Waals surface area contributed by atoms with Gasteiger partial charge in [-0.2, -0.15) is 4.68 Å². The van der Waals surface area contributed by atoms with E-state index in [0.717, 1.165) is 5.69 Å². The van der Waals surface area contributed by atoms with Crippen LogP contribution < -0.4 is 4.74 Å². The molecule has 0 aliphatic heterocycles. The number of alkyl halides is 3. The maximum absolute atomic E-state index is 12.5. The Morgan fingerprint density at radius 1 is 1.00 bits per heavy atom. The van der Waals surface area contributed by atoms with Crippen molar-refractivity contribution >= 4 is 0 Å². The fourth-order valence-electron chi connectivity index (χ4n) is 2.52. The molecule has 6 nitrogen and oxygen atoms in total. The second-order valence-electron chi connectivity index (χ2n) is 5.67. The number of nitrogens with zero attached hydrogens (tertiary/aromatic N) is 5. The van der Waals surface area contributed by atoms with Crippen LogP contribution in [-0.4, -0.2) is 38.5 Å². The molecule has 1 aromatic heterocycles. The van der Waals surface area contributed by atoms with Crippen LogP contribution in [0.4, 0.5) is 13.2 Å². The predicted molar refractivity (Wildman–Crippen MR) is 87.5 cm³/mol. The molecular formula is C17H16F3N5O. The lowest BCUT2D eigenvalue weighted by Gasteiger charge is -2.19. The molecule has 0 unspecified atom stereocenters. The largest absolute Gasteiger partial charge is 0.573 e. The van der Waals surface area contributed by atoms with Crippen molar-refractivity contribution in [3.63, 3.8) is 0 Å². The quantitative estimate of drug-likeness (QED) is 0.673. The summed E-state index contributed by atoms with van der Waals surface area (Å²) in [5.74, 6) is 0.363. The first-order valence-corrected chi connectivity index (χ1v) is 7.77. The van der Waals surface area contributed by atoms with Gasteiger partial charge < -0.3 is 4.74 Å². The van der Waals surface area contributed by atoms with Crippen molar-refractivity contribution in [2.75, 3.05) is 7.05 Å². The van der Waals surface area contributed by atoms with E-state index in [9.17, 15) is 13.2 Å². The Labute approximate surface area is 147 Å². The summed E-state index contributed by atoms with van der Waals surface area (Å²) >= 11 is 0. The first kappa shape index (κ1) is 17.9. The number of tetrazole rings is 1. The molecule has 0 aliphatic rings. The Morgan fingerprint density at radius 2 is 1.69 bits per heavy atom. The van der Waals surface area contributed by atoms with Gasteiger partial charge >= 0.3 is 6.36 Å². The average Bonchev–Trinajstić information content (AvgIpc) is 3.04. The van der Waals surface area contributed by atoms with E-state index in [2.05, 4.69) is 20.3 Å². The fourth-order valence-corrected chi connectivity index (χ4v) is 2.52. The molecule has 3 aromatic rings. The van der Waals surface area contributed by atoms with Gasteiger partial charge in [-0.25, -0.2) is 0 Å². The van der Waals surface area contributed by atoms with Crippen LogP contribution in [0.5, 0.6) is 5.75 Å². The van der Waals surface area contributed by atoms with E-state index in [1.54, 1.807) is 23.9 Å². The van der Waals surface area contributed by atoms with E-state index in [1.165, 1.54) is 12.1 Å². The summed E-state index contributed by atoms with van der Waals surface area (Å²) in [5, 5.41) is 11.7. The van der Waals surface area contributed by atoms with Crippen molar-refractivity contribution in [3.8, 4) is 11.4 Å². The predicted octanol–water partition coefficient (Wildman–Crippen LogP) is 3.19. The molecule has 136 valence electrons. The van der Waals surface area contributed by atoms with E-state index in [-0.39, 0.29) is 12.3 Å². The second kappa shape index (κ2) is 7.52. The highest BCUT2D eigenvalue weighted by Crippen LogP contribution is 2.27. The van der Waals surface area contributed by atoms with Crippen molar-refractivity contribution in [2.45, 2.75) is 19.5 Å². The van der Waals surface area contributed by atoms with Crippen LogP contribution >= 0.6 is 0 Å². The number of aromatic nitrogens is 4. The van der Waals surface area contributed by atoms with Gasteiger partial charge in [0.25, 0.3) is 0 Å². The van der Waals surface area contributed by atoms with Crippen LogP contribution in [0.3, 0.4) is 0 Å². The topological polar surface area (TPSA) is 56.1 Å². The molecule has 0 atom stereocenters. The van der Waals surface area contributed by atoms with Gasteiger partial charge in [0.05, 0.1) is 12.2 Å². The van der Waals surface area contributed by atoms with Crippen molar-refractivity contribution in [2.24, 2.45) is 0 Å². The molecule has 3 rings (SSSR count). The van der Waals surface area contributed by atoms with Crippen molar-refractivity contribution in [1.82, 2.24) is 25.1 Å². The van der Waals surface area contributed by atoms with Gasteiger partial charge in [-0.1, -0.05) is 36.4 Å². The summed E-state index contributed by atoms with van der Waals surface area (Å²) in [6.45, 7) is 0.593. The molecule has 0 amide bonds. The summed E-state index contributed by atoms with van der Waals surface area (Å²) in [7, 11) is 1.77. The number of hydrogen-bond donors (Lipinski definition) is 0. The number of hydrogen-bond acceptors (Lipinski definition) is 5. The third kappa shape index (κ3) is 4.57. The molecule has 0 radical (unpaired) electrons. The summed E-state index contributed by atoms with van der Waals surface area (Å²) in [6.07, 6.45) is -4.73. The normalized spacial score (nSPS) is 11.7. The summed E-state index contributed by atoms with van der Waals surface area (Å²) in [6, 6.07) is 15.4. The van der Waals surface area contributed by atoms with Crippen molar-refractivity contribution < 1.29 is 17.9 Å². The van der Waals surface area contributed by atoms with Crippen LogP contribution in [0, 0.1) is 0 Å². The highest BCUT2D eigenvalue weighted by Gasteiger charge is 2.32. The van der Waals surface area contributed by atoms with Crippen LogP contribution in [0.15, 0.2) is 54.6 Å². The molecule has 0 bridgehead atoms. The molecular weight excluding hydrogens is 347 g/mol. The van der Waals surface area contributed by atoms with Crippen molar-refractivity contribution in [3.05, 3.63) is 66.0 Å². The minimum absolute atomic E-state index is 0.213. The maximum atomic E-state index is 12.5. The van der Waals surface area contributed by atoms with Gasteiger partial charge in [-0.3, -0.25) is 4.90 Å². The van der Waals surface area contributed by atoms with Gasteiger partial charge in [0, 0.05) is 12.1 Å². The second-order valence-corrected chi connectivity index (χ2v) is 5.67. The zero-order valence-corrected chi connectivity index (χ0v) is 13.9. The number of ether oxygens (including phenoxy) is 1. The summed E-state index contributed by atoms with van der Waals surface area (Å²) in [5.41, 5.74) is 1.23. The zero-order chi connectivity index (χ0) is 18.6. The van der Waals surface area contributed by atoms with Gasteiger partial charge in [0.1, 0.15) is 5.75 Å². The van der Waals surface area contributed by atoms with Crippen LogP contribution in [0.2, 0.25) is 0 Å². The average molecular weight is 363 g/mol. The molecule has 9 heteroatoms. The molecule has 26 heavy (non-hydrogen) atoms. The Bertz CT molecular complexity index is 851. The Balaban J connectivity index is 1.73. The Morgan fingerprint density at radius 3 is 2.42 bits per heavy atom. The van der Waals surface area contributed by atoms with E-state index < -0.39 is 6.36 Å². The SMILES string of the molecule is CN(Cc1ccccc1OC(F)(F)F)Cc1nnnn1-c1ccccc1. The standard InChI is InChI=1S/C17H16F3N5O/c1-24(11-13-7-5-6-10-15(13)26-17(18,19)20)12-16-21-22-23-25(16)14-8-3-2-4-9-14/h2-10H,11-12H2,1H3. The zero-order valence-electron chi connectivity index (χ0n) is 13.9. The number of para-hydroxylation sites is 2. The van der Waals surface area contributed by atoms with E-state index in [4.69, 9.17) is 0 Å². The number of rotatable bonds is 6. The molecule has 0 fully saturated rings. The van der Waals surface area contributed by atoms with Gasteiger partial charge in [0.2, 0.25) is 0 Å². The van der Waals surface area contributed by atoms with Crippen LogP contribution in [0.25, 0.3) is 5.69 Å². The first-order chi connectivity index (χ1) is 12.4. The highest BCUT2D eigenvalue weighted by atomic mass is 19.4. The number of benzene rings is 2. The van der Waals surface area contributed by atoms with Crippen LogP contribution in [0.1, 0.15) is 11.4 Å². The van der Waals surface area contributed by atoms with E-state index >= 15 is 0 Å². The van der Waals surface area contributed by atoms with E-state index in [1.807, 2.05) is 35.2 Å². The molecule has 0 aliphatic carbocycles.